The quantitative estimate of drug-likeness (QED) is 0.217. The van der Waals surface area contributed by atoms with E-state index in [-0.39, 0.29) is 47.6 Å². The van der Waals surface area contributed by atoms with Gasteiger partial charge in [0.05, 0.1) is 47.7 Å². The van der Waals surface area contributed by atoms with Gasteiger partial charge in [-0.15, -0.1) is 0 Å². The Hall–Kier alpha value is -3.55. The van der Waals surface area contributed by atoms with E-state index in [1.165, 1.54) is 18.2 Å². The van der Waals surface area contributed by atoms with E-state index in [1.54, 1.807) is 27.9 Å². The summed E-state index contributed by atoms with van der Waals surface area (Å²) in [6.07, 6.45) is -3.73. The number of hydrogen-bond donors (Lipinski definition) is 5. The average Bonchev–Trinajstić information content (AvgIpc) is 2.94. The smallest absolute Gasteiger partial charge is 0.316 e. The number of hydrogen-bond acceptors (Lipinski definition) is 12. The van der Waals surface area contributed by atoms with Gasteiger partial charge >= 0.3 is 5.97 Å². The summed E-state index contributed by atoms with van der Waals surface area (Å²) < 4.78 is 17.2. The van der Waals surface area contributed by atoms with E-state index in [0.717, 1.165) is 7.11 Å². The summed E-state index contributed by atoms with van der Waals surface area (Å²) in [6, 6.07) is 3.53. The Kier molecular flexibility index (Phi) is 7.57. The lowest BCUT2D eigenvalue weighted by atomic mass is 9.66. The molecule has 226 valence electrons. The van der Waals surface area contributed by atoms with Crippen molar-refractivity contribution in [3.05, 3.63) is 51.6 Å². The van der Waals surface area contributed by atoms with Crippen LogP contribution in [0.1, 0.15) is 88.1 Å². The van der Waals surface area contributed by atoms with Gasteiger partial charge in [0.25, 0.3) is 0 Å². The van der Waals surface area contributed by atoms with E-state index < -0.39 is 82.0 Å². The summed E-state index contributed by atoms with van der Waals surface area (Å²) in [5.41, 5.74) is -3.96. The van der Waals surface area contributed by atoms with E-state index in [0.29, 0.717) is 0 Å². The molecule has 5 rings (SSSR count). The highest BCUT2D eigenvalue weighted by atomic mass is 16.7. The van der Waals surface area contributed by atoms with Crippen molar-refractivity contribution in [2.24, 2.45) is 0 Å². The zero-order valence-corrected chi connectivity index (χ0v) is 24.0. The molecule has 5 N–H and O–H groups in total. The van der Waals surface area contributed by atoms with E-state index in [4.69, 9.17) is 14.2 Å². The Bertz CT molecular complexity index is 1470. The first-order chi connectivity index (χ1) is 19.8. The molecule has 2 aliphatic carbocycles. The Morgan fingerprint density at radius 1 is 1.07 bits per heavy atom. The minimum Gasteiger partial charge on any atom is -0.507 e. The molecule has 1 saturated heterocycles. The molecule has 0 radical (unpaired) electrons. The zero-order valence-electron chi connectivity index (χ0n) is 24.0. The van der Waals surface area contributed by atoms with E-state index in [2.05, 4.69) is 0 Å². The molecule has 1 fully saturated rings. The first-order valence-corrected chi connectivity index (χ1v) is 13.8. The normalized spacial score (nSPS) is 30.5. The number of ether oxygens (including phenoxy) is 3. The highest BCUT2D eigenvalue weighted by Gasteiger charge is 2.55. The third-order valence-electron chi connectivity index (χ3n) is 8.88. The molecular formula is C30H35NO11. The number of phenolic OH excluding ortho intramolecular Hbond substituents is 3. The van der Waals surface area contributed by atoms with Gasteiger partial charge in [0, 0.05) is 35.6 Å². The standard InChI is InChI=1S/C30H35NO11/c1-6-30(39)11-16(42-17-10-14(31(3)4)24(33)12(2)41-17)19-20(23(30)29(38)40-5)28(37)21-22(27(19)36)26(35)18-13(25(21)34)8-7-9-15(18)32/h7-9,12,14,16-17,23-24,32-33,36-37,39H,6,10-11H2,1-5H3/t12-,14-,16+,17+,23-,24-,30-/m1/s1. The molecule has 0 saturated carbocycles. The summed E-state index contributed by atoms with van der Waals surface area (Å²) in [5, 5.41) is 56.2. The van der Waals surface area contributed by atoms with Crippen LogP contribution in [-0.2, 0) is 19.0 Å². The van der Waals surface area contributed by atoms with Crippen molar-refractivity contribution in [2.75, 3.05) is 21.2 Å². The molecule has 0 amide bonds. The zero-order chi connectivity index (χ0) is 30.8. The molecule has 42 heavy (non-hydrogen) atoms. The van der Waals surface area contributed by atoms with Gasteiger partial charge in [-0.05, 0) is 33.5 Å². The van der Waals surface area contributed by atoms with Crippen LogP contribution in [0.2, 0.25) is 0 Å². The lowest BCUT2D eigenvalue weighted by molar-refractivity contribution is -0.258. The van der Waals surface area contributed by atoms with Crippen LogP contribution in [0, 0.1) is 0 Å². The van der Waals surface area contributed by atoms with Crippen molar-refractivity contribution < 1.29 is 54.1 Å². The minimum absolute atomic E-state index is 0.00605. The molecule has 0 unspecified atom stereocenters. The molecule has 12 heteroatoms. The lowest BCUT2D eigenvalue weighted by Crippen LogP contribution is -2.54. The maximum absolute atomic E-state index is 13.7. The van der Waals surface area contributed by atoms with Gasteiger partial charge in [0.15, 0.2) is 12.1 Å². The van der Waals surface area contributed by atoms with Gasteiger partial charge in [-0.25, -0.2) is 0 Å². The number of aromatic hydroxyl groups is 3. The fraction of sp³-hybridized carbons (Fsp3) is 0.500. The molecule has 7 atom stereocenters. The summed E-state index contributed by atoms with van der Waals surface area (Å²) in [6.45, 7) is 3.30. The molecule has 0 spiro atoms. The second kappa shape index (κ2) is 10.6. The Morgan fingerprint density at radius 3 is 2.33 bits per heavy atom. The van der Waals surface area contributed by atoms with Crippen LogP contribution >= 0.6 is 0 Å². The molecule has 1 heterocycles. The van der Waals surface area contributed by atoms with Crippen molar-refractivity contribution in [2.45, 2.75) is 75.3 Å². The highest BCUT2D eigenvalue weighted by Crippen LogP contribution is 2.57. The Labute approximate surface area is 242 Å². The Morgan fingerprint density at radius 2 is 1.71 bits per heavy atom. The maximum Gasteiger partial charge on any atom is 0.316 e. The molecule has 0 bridgehead atoms. The molecule has 2 aromatic rings. The van der Waals surface area contributed by atoms with Gasteiger partial charge in [-0.2, -0.15) is 0 Å². The van der Waals surface area contributed by atoms with Crippen LogP contribution in [0.5, 0.6) is 17.2 Å². The maximum atomic E-state index is 13.7. The first kappa shape index (κ1) is 29.9. The fourth-order valence-corrected chi connectivity index (χ4v) is 6.59. The van der Waals surface area contributed by atoms with Gasteiger partial charge in [0.1, 0.15) is 23.2 Å². The number of nitrogens with zero attached hydrogens (tertiary/aromatic N) is 1. The SMILES string of the molecule is CC[C@@]1(O)C[C@H](O[C@H]2C[C@@H](N(C)C)[C@H](O)[C@@H](C)O2)c2c(O)c3c(c(O)c2[C@@H]1C(=O)OC)C(=O)c1cccc(O)c1C3=O. The molecule has 12 nitrogen and oxygen atoms in total. The monoisotopic (exact) mass is 585 g/mol. The van der Waals surface area contributed by atoms with Gasteiger partial charge in [-0.1, -0.05) is 19.1 Å². The first-order valence-electron chi connectivity index (χ1n) is 13.8. The van der Waals surface area contributed by atoms with Crippen molar-refractivity contribution in [1.82, 2.24) is 4.90 Å². The van der Waals surface area contributed by atoms with Crippen molar-refractivity contribution in [1.29, 1.82) is 0 Å². The second-order valence-electron chi connectivity index (χ2n) is 11.4. The number of aliphatic hydroxyl groups excluding tert-OH is 1. The summed E-state index contributed by atoms with van der Waals surface area (Å²) >= 11 is 0. The van der Waals surface area contributed by atoms with Crippen LogP contribution < -0.4 is 0 Å². The predicted octanol–water partition coefficient (Wildman–Crippen LogP) is 1.86. The second-order valence-corrected chi connectivity index (χ2v) is 11.4. The average molecular weight is 586 g/mol. The Balaban J connectivity index is 1.73. The fourth-order valence-electron chi connectivity index (χ4n) is 6.59. The van der Waals surface area contributed by atoms with Crippen LogP contribution in [0.3, 0.4) is 0 Å². The van der Waals surface area contributed by atoms with Crippen LogP contribution in [0.15, 0.2) is 18.2 Å². The van der Waals surface area contributed by atoms with Crippen molar-refractivity contribution >= 4 is 17.5 Å². The van der Waals surface area contributed by atoms with Crippen LogP contribution in [0.25, 0.3) is 0 Å². The van der Waals surface area contributed by atoms with Crippen molar-refractivity contribution in [3.8, 4) is 17.2 Å². The topological polar surface area (TPSA) is 183 Å². The number of phenols is 3. The van der Waals surface area contributed by atoms with E-state index in [9.17, 15) is 39.9 Å². The summed E-state index contributed by atoms with van der Waals surface area (Å²) in [7, 11) is 4.69. The number of carbonyl (C=O) groups excluding carboxylic acids is 3. The van der Waals surface area contributed by atoms with Crippen molar-refractivity contribution in [3.63, 3.8) is 0 Å². The summed E-state index contributed by atoms with van der Waals surface area (Å²) in [5.74, 6) is -6.22. The van der Waals surface area contributed by atoms with Gasteiger partial charge in [0.2, 0.25) is 5.78 Å². The molecule has 0 aromatic heterocycles. The minimum atomic E-state index is -1.86. The number of rotatable bonds is 5. The van der Waals surface area contributed by atoms with E-state index in [1.807, 2.05) is 4.90 Å². The van der Waals surface area contributed by atoms with Crippen LogP contribution in [0.4, 0.5) is 0 Å². The summed E-state index contributed by atoms with van der Waals surface area (Å²) in [4.78, 5) is 42.3. The molecule has 2 aromatic carbocycles. The molecule has 1 aliphatic heterocycles. The van der Waals surface area contributed by atoms with Gasteiger partial charge < -0.3 is 44.6 Å². The largest absolute Gasteiger partial charge is 0.507 e. The highest BCUT2D eigenvalue weighted by molar-refractivity contribution is 6.31. The lowest BCUT2D eigenvalue weighted by Gasteiger charge is -2.46. The number of methoxy groups -OCH3 is 1. The van der Waals surface area contributed by atoms with Gasteiger partial charge in [-0.3, -0.25) is 14.4 Å². The number of carbonyl (C=O) groups is 3. The number of fused-ring (bicyclic) bond motifs is 3. The molecule has 3 aliphatic rings. The van der Waals surface area contributed by atoms with E-state index >= 15 is 0 Å². The van der Waals surface area contributed by atoms with Crippen LogP contribution in [-0.4, -0.2) is 99.3 Å². The number of esters is 1. The number of ketones is 2. The molecular weight excluding hydrogens is 550 g/mol. The third kappa shape index (κ3) is 4.36. The number of likely N-dealkylation sites (N-methyl/N-ethyl adjacent to an activating group) is 1. The number of aliphatic hydroxyl groups is 2. The third-order valence-corrected chi connectivity index (χ3v) is 8.88. The predicted molar refractivity (Wildman–Crippen MR) is 146 cm³/mol. The number of benzene rings is 2.